The number of hydrogen-bond donors (Lipinski definition) is 1. The van der Waals surface area contributed by atoms with Crippen molar-refractivity contribution in [2.75, 3.05) is 47.5 Å². The Bertz CT molecular complexity index is 902. The number of esters is 2. The third kappa shape index (κ3) is 28.6. The van der Waals surface area contributed by atoms with Crippen molar-refractivity contribution in [2.45, 2.75) is 116 Å². The number of allylic oxidation sites excluding steroid dienone is 1. The summed E-state index contributed by atoms with van der Waals surface area (Å²) in [6.07, 6.45) is 15.0. The van der Waals surface area contributed by atoms with E-state index in [1.54, 1.807) is 0 Å². The van der Waals surface area contributed by atoms with Gasteiger partial charge in [0.1, 0.15) is 19.8 Å². The van der Waals surface area contributed by atoms with Gasteiger partial charge >= 0.3 is 17.9 Å². The van der Waals surface area contributed by atoms with Gasteiger partial charge in [-0.25, -0.2) is 4.79 Å². The summed E-state index contributed by atoms with van der Waals surface area (Å²) in [5.41, 5.74) is 0. The van der Waals surface area contributed by atoms with E-state index in [4.69, 9.17) is 23.6 Å². The maximum atomic E-state index is 12.3. The number of carboxylic acids is 1. The zero-order chi connectivity index (χ0) is 33.3. The van der Waals surface area contributed by atoms with Crippen molar-refractivity contribution in [3.05, 3.63) is 12.2 Å². The van der Waals surface area contributed by atoms with Crippen LogP contribution in [0.5, 0.6) is 0 Å². The first-order valence-electron chi connectivity index (χ1n) is 15.9. The highest BCUT2D eigenvalue weighted by Gasteiger charge is 2.22. The number of aliphatic carboxylic acids is 1. The Labute approximate surface area is 263 Å². The van der Waals surface area contributed by atoms with Crippen LogP contribution in [0.2, 0.25) is 0 Å². The van der Waals surface area contributed by atoms with Crippen molar-refractivity contribution in [2.24, 2.45) is 0 Å². The molecule has 1 unspecified atom stereocenters. The molecule has 13 heteroatoms. The second-order valence-corrected chi connectivity index (χ2v) is 13.4. The molecule has 2 atom stereocenters. The fraction of sp³-hybridized carbons (Fsp3) is 0.806. The Hall–Kier alpha value is -2.11. The summed E-state index contributed by atoms with van der Waals surface area (Å²) in [6, 6.07) is 0. The number of carboxylic acid groups (broad SMARTS) is 1. The van der Waals surface area contributed by atoms with Gasteiger partial charge in [-0.2, -0.15) is 0 Å². The van der Waals surface area contributed by atoms with E-state index in [0.717, 1.165) is 25.3 Å². The molecule has 0 saturated carbocycles. The molecular formula is C31H56NO11P. The molecule has 0 aromatic heterocycles. The van der Waals surface area contributed by atoms with Crippen LogP contribution in [0.1, 0.15) is 110 Å². The highest BCUT2D eigenvalue weighted by Crippen LogP contribution is 2.38. The summed E-state index contributed by atoms with van der Waals surface area (Å²) in [7, 11) is 0.868. The van der Waals surface area contributed by atoms with Crippen molar-refractivity contribution in [3.63, 3.8) is 0 Å². The molecule has 12 nitrogen and oxygen atoms in total. The van der Waals surface area contributed by atoms with E-state index in [1.807, 2.05) is 21.1 Å². The molecule has 44 heavy (non-hydrogen) atoms. The van der Waals surface area contributed by atoms with Gasteiger partial charge in [0.2, 0.25) is 0 Å². The Kier molecular flexibility index (Phi) is 23.9. The molecule has 0 spiro atoms. The summed E-state index contributed by atoms with van der Waals surface area (Å²) in [5.74, 6) is -3.27. The number of phosphoric acid groups is 1. The van der Waals surface area contributed by atoms with Crippen LogP contribution >= 0.6 is 7.82 Å². The minimum atomic E-state index is -4.73. The molecule has 0 aromatic rings. The third-order valence-electron chi connectivity index (χ3n) is 6.63. The van der Waals surface area contributed by atoms with Gasteiger partial charge in [-0.15, -0.1) is 0 Å². The number of quaternary nitrogens is 1. The topological polar surface area (TPSA) is 166 Å². The molecule has 1 N–H and O–H groups in total. The van der Waals surface area contributed by atoms with Crippen LogP contribution in [0.3, 0.4) is 0 Å². The van der Waals surface area contributed by atoms with E-state index >= 15 is 0 Å². The fourth-order valence-corrected chi connectivity index (χ4v) is 4.75. The summed E-state index contributed by atoms with van der Waals surface area (Å²) >= 11 is 0. The number of likely N-dealkylation sites (N-methyl/N-ethyl adjacent to an activating group) is 1. The summed E-state index contributed by atoms with van der Waals surface area (Å²) in [6.45, 7) is 1.43. The maximum absolute atomic E-state index is 12.3. The summed E-state index contributed by atoms with van der Waals surface area (Å²) in [4.78, 5) is 58.9. The summed E-state index contributed by atoms with van der Waals surface area (Å²) in [5, 5.41) is 8.59. The quantitative estimate of drug-likeness (QED) is 0.0376. The van der Waals surface area contributed by atoms with Crippen molar-refractivity contribution >= 4 is 31.5 Å². The number of rotatable bonds is 29. The monoisotopic (exact) mass is 649 g/mol. The van der Waals surface area contributed by atoms with Crippen LogP contribution < -0.4 is 4.89 Å². The van der Waals surface area contributed by atoms with Crippen LogP contribution in [-0.4, -0.2) is 86.9 Å². The Morgan fingerprint density at radius 2 is 1.30 bits per heavy atom. The average molecular weight is 650 g/mol. The molecule has 0 radical (unpaired) electrons. The number of ketones is 1. The standard InChI is InChI=1S/C31H56NO11P/c1-5-6-7-8-9-10-11-12-13-14-15-16-17-18-30(36)40-25-28(26-42-44(38,39)41-24-23-32(2,3)4)43-31(37)22-20-27(33)19-21-29(34)35/h19,21,28H,5-18,20,22-26H2,1-4H3,(H-,34,35,38,39)/b21-19+/t28-/m1/s1. The van der Waals surface area contributed by atoms with Crippen molar-refractivity contribution in [1.29, 1.82) is 0 Å². The van der Waals surface area contributed by atoms with Crippen LogP contribution in [0.25, 0.3) is 0 Å². The van der Waals surface area contributed by atoms with Crippen molar-refractivity contribution in [3.8, 4) is 0 Å². The molecule has 0 aliphatic rings. The lowest BCUT2D eigenvalue weighted by Gasteiger charge is -2.28. The molecule has 0 saturated heterocycles. The summed E-state index contributed by atoms with van der Waals surface area (Å²) < 4.78 is 32.8. The molecule has 0 amide bonds. The van der Waals surface area contributed by atoms with E-state index in [1.165, 1.54) is 57.8 Å². The van der Waals surface area contributed by atoms with Crippen LogP contribution in [0.4, 0.5) is 0 Å². The molecule has 0 fully saturated rings. The lowest BCUT2D eigenvalue weighted by molar-refractivity contribution is -0.870. The van der Waals surface area contributed by atoms with Gasteiger partial charge in [-0.3, -0.25) is 18.9 Å². The molecule has 0 aromatic carbocycles. The molecule has 0 bridgehead atoms. The predicted molar refractivity (Wildman–Crippen MR) is 165 cm³/mol. The van der Waals surface area contributed by atoms with Crippen molar-refractivity contribution < 1.29 is 56.7 Å². The van der Waals surface area contributed by atoms with E-state index in [9.17, 15) is 28.6 Å². The highest BCUT2D eigenvalue weighted by atomic mass is 31.2. The number of carbonyl (C=O) groups is 4. The zero-order valence-electron chi connectivity index (χ0n) is 27.3. The normalized spacial score (nSPS) is 13.8. The molecule has 0 aliphatic carbocycles. The lowest BCUT2D eigenvalue weighted by Crippen LogP contribution is -2.37. The lowest BCUT2D eigenvalue weighted by atomic mass is 10.0. The number of ether oxygens (including phenoxy) is 2. The average Bonchev–Trinajstić information content (AvgIpc) is 2.93. The zero-order valence-corrected chi connectivity index (χ0v) is 28.2. The van der Waals surface area contributed by atoms with Crippen LogP contribution in [0.15, 0.2) is 12.2 Å². The first-order valence-corrected chi connectivity index (χ1v) is 17.4. The van der Waals surface area contributed by atoms with Gasteiger partial charge in [0.15, 0.2) is 11.9 Å². The second-order valence-electron chi connectivity index (χ2n) is 12.0. The minimum Gasteiger partial charge on any atom is -0.756 e. The Balaban J connectivity index is 4.53. The van der Waals surface area contributed by atoms with Gasteiger partial charge in [-0.05, 0) is 12.5 Å². The first-order chi connectivity index (χ1) is 20.7. The molecule has 0 aliphatic heterocycles. The third-order valence-corrected chi connectivity index (χ3v) is 7.59. The second kappa shape index (κ2) is 25.1. The van der Waals surface area contributed by atoms with Gasteiger partial charge in [0, 0.05) is 18.9 Å². The van der Waals surface area contributed by atoms with Crippen molar-refractivity contribution in [1.82, 2.24) is 0 Å². The number of phosphoric ester groups is 1. The number of unbranched alkanes of at least 4 members (excludes halogenated alkanes) is 12. The SMILES string of the molecule is CCCCCCCCCCCCCCCC(=O)OC[C@H](COP(=O)([O-])OCC[N+](C)(C)C)OC(=O)CCC(=O)/C=C/C(=O)O. The van der Waals surface area contributed by atoms with Gasteiger partial charge < -0.3 is 33.0 Å². The smallest absolute Gasteiger partial charge is 0.328 e. The highest BCUT2D eigenvalue weighted by molar-refractivity contribution is 7.45. The number of nitrogens with zero attached hydrogens (tertiary/aromatic N) is 1. The molecule has 0 rings (SSSR count). The first kappa shape index (κ1) is 41.9. The maximum Gasteiger partial charge on any atom is 0.328 e. The van der Waals surface area contributed by atoms with E-state index in [2.05, 4.69) is 6.92 Å². The van der Waals surface area contributed by atoms with E-state index in [0.29, 0.717) is 23.5 Å². The molecule has 0 heterocycles. The Morgan fingerprint density at radius 3 is 1.82 bits per heavy atom. The fourth-order valence-electron chi connectivity index (χ4n) is 4.02. The largest absolute Gasteiger partial charge is 0.756 e. The Morgan fingerprint density at radius 1 is 0.750 bits per heavy atom. The molecule has 256 valence electrons. The van der Waals surface area contributed by atoms with Gasteiger partial charge in [0.25, 0.3) is 7.82 Å². The van der Waals surface area contributed by atoms with Gasteiger partial charge in [0.05, 0.1) is 34.2 Å². The molecular weight excluding hydrogens is 593 g/mol. The number of carbonyl (C=O) groups excluding carboxylic acids is 3. The van der Waals surface area contributed by atoms with Crippen LogP contribution in [-0.2, 0) is 42.3 Å². The number of hydrogen-bond acceptors (Lipinski definition) is 10. The van der Waals surface area contributed by atoms with E-state index in [-0.39, 0.29) is 25.9 Å². The minimum absolute atomic E-state index is 0.116. The predicted octanol–water partition coefficient (Wildman–Crippen LogP) is 5.12. The van der Waals surface area contributed by atoms with E-state index < -0.39 is 50.8 Å². The van der Waals surface area contributed by atoms with Crippen LogP contribution in [0, 0.1) is 0 Å². The van der Waals surface area contributed by atoms with Gasteiger partial charge in [-0.1, -0.05) is 84.0 Å².